The van der Waals surface area contributed by atoms with E-state index in [-0.39, 0.29) is 17.6 Å². The summed E-state index contributed by atoms with van der Waals surface area (Å²) in [6.07, 6.45) is 6.04. The van der Waals surface area contributed by atoms with Gasteiger partial charge in [0.15, 0.2) is 0 Å². The number of amides is 1. The molecule has 108 valence electrons. The summed E-state index contributed by atoms with van der Waals surface area (Å²) in [7, 11) is 0. The Labute approximate surface area is 116 Å². The van der Waals surface area contributed by atoms with Crippen LogP contribution in [0.3, 0.4) is 0 Å². The Morgan fingerprint density at radius 1 is 1.37 bits per heavy atom. The van der Waals surface area contributed by atoms with Crippen molar-refractivity contribution in [2.24, 2.45) is 10.9 Å². The number of ether oxygens (including phenoxy) is 1. The summed E-state index contributed by atoms with van der Waals surface area (Å²) < 4.78 is 6.03. The van der Waals surface area contributed by atoms with E-state index in [9.17, 15) is 4.79 Å². The van der Waals surface area contributed by atoms with Gasteiger partial charge in [-0.15, -0.1) is 0 Å². The molecule has 1 amide bonds. The van der Waals surface area contributed by atoms with Crippen molar-refractivity contribution in [3.63, 3.8) is 0 Å². The Hall–Kier alpha value is -0.900. The molecule has 0 aromatic rings. The fourth-order valence-electron chi connectivity index (χ4n) is 3.10. The van der Waals surface area contributed by atoms with Crippen molar-refractivity contribution >= 4 is 11.7 Å². The van der Waals surface area contributed by atoms with Crippen molar-refractivity contribution in [3.05, 3.63) is 0 Å². The third kappa shape index (κ3) is 2.99. The first-order valence-electron chi connectivity index (χ1n) is 7.64. The predicted octanol–water partition coefficient (Wildman–Crippen LogP) is 2.67. The van der Waals surface area contributed by atoms with Gasteiger partial charge in [-0.2, -0.15) is 0 Å². The zero-order valence-corrected chi connectivity index (χ0v) is 12.4. The van der Waals surface area contributed by atoms with Crippen LogP contribution in [0, 0.1) is 5.92 Å². The third-order valence-electron chi connectivity index (χ3n) is 4.33. The molecular formula is C15H26N2O2. The van der Waals surface area contributed by atoms with Crippen LogP contribution in [0.1, 0.15) is 59.3 Å². The standard InChI is InChI=1S/C15H26N2O2/c1-4-6-12-13(18)17-14(16-12)15(19-5-2)9-7-11(3)8-10-15/h11-12H,4-10H2,1-3H3,(H,16,17,18). The lowest BCUT2D eigenvalue weighted by atomic mass is 9.78. The van der Waals surface area contributed by atoms with Gasteiger partial charge in [0.1, 0.15) is 17.5 Å². The van der Waals surface area contributed by atoms with E-state index in [4.69, 9.17) is 4.74 Å². The summed E-state index contributed by atoms with van der Waals surface area (Å²) in [5.41, 5.74) is -0.334. The zero-order chi connectivity index (χ0) is 13.9. The quantitative estimate of drug-likeness (QED) is 0.831. The molecule has 0 spiro atoms. The Balaban J connectivity index is 2.15. The lowest BCUT2D eigenvalue weighted by molar-refractivity contribution is -0.120. The fourth-order valence-corrected chi connectivity index (χ4v) is 3.10. The molecule has 1 atom stereocenters. The first-order valence-corrected chi connectivity index (χ1v) is 7.64. The van der Waals surface area contributed by atoms with Gasteiger partial charge in [-0.05, 0) is 44.9 Å². The number of hydrogen-bond donors (Lipinski definition) is 1. The average Bonchev–Trinajstić information content (AvgIpc) is 2.76. The van der Waals surface area contributed by atoms with Gasteiger partial charge in [-0.25, -0.2) is 0 Å². The van der Waals surface area contributed by atoms with Gasteiger partial charge in [0, 0.05) is 6.61 Å². The van der Waals surface area contributed by atoms with Crippen molar-refractivity contribution in [2.75, 3.05) is 6.61 Å². The van der Waals surface area contributed by atoms with Crippen LogP contribution < -0.4 is 5.32 Å². The first kappa shape index (κ1) is 14.5. The minimum Gasteiger partial charge on any atom is -0.367 e. The van der Waals surface area contributed by atoms with Crippen molar-refractivity contribution in [1.82, 2.24) is 5.32 Å². The number of nitrogens with zero attached hydrogens (tertiary/aromatic N) is 1. The summed E-state index contributed by atoms with van der Waals surface area (Å²) in [6.45, 7) is 7.05. The van der Waals surface area contributed by atoms with Gasteiger partial charge in [0.2, 0.25) is 5.91 Å². The number of nitrogens with one attached hydrogen (secondary N) is 1. The molecule has 0 aromatic carbocycles. The molecule has 1 N–H and O–H groups in total. The van der Waals surface area contributed by atoms with E-state index >= 15 is 0 Å². The van der Waals surface area contributed by atoms with Gasteiger partial charge in [-0.3, -0.25) is 9.79 Å². The topological polar surface area (TPSA) is 50.7 Å². The second-order valence-corrected chi connectivity index (χ2v) is 5.88. The van der Waals surface area contributed by atoms with Gasteiger partial charge in [0.25, 0.3) is 0 Å². The molecule has 1 heterocycles. The maximum absolute atomic E-state index is 11.9. The monoisotopic (exact) mass is 266 g/mol. The summed E-state index contributed by atoms with van der Waals surface area (Å²) in [4.78, 5) is 16.6. The van der Waals surface area contributed by atoms with E-state index in [1.54, 1.807) is 0 Å². The highest BCUT2D eigenvalue weighted by atomic mass is 16.5. The smallest absolute Gasteiger partial charge is 0.250 e. The molecule has 1 saturated carbocycles. The Kier molecular flexibility index (Phi) is 4.61. The second kappa shape index (κ2) is 6.04. The predicted molar refractivity (Wildman–Crippen MR) is 76.3 cm³/mol. The minimum atomic E-state index is -0.334. The second-order valence-electron chi connectivity index (χ2n) is 5.88. The normalized spacial score (nSPS) is 35.1. The molecule has 1 fully saturated rings. The number of carbonyl (C=O) groups excluding carboxylic acids is 1. The molecular weight excluding hydrogens is 240 g/mol. The van der Waals surface area contributed by atoms with E-state index in [1.807, 2.05) is 6.92 Å². The molecule has 1 unspecified atom stereocenters. The van der Waals surface area contributed by atoms with Crippen molar-refractivity contribution in [2.45, 2.75) is 70.9 Å². The molecule has 1 aliphatic carbocycles. The number of rotatable bonds is 5. The van der Waals surface area contributed by atoms with Crippen LogP contribution in [0.5, 0.6) is 0 Å². The highest BCUT2D eigenvalue weighted by Gasteiger charge is 2.44. The number of amidine groups is 1. The molecule has 4 nitrogen and oxygen atoms in total. The van der Waals surface area contributed by atoms with Crippen LogP contribution in [0.2, 0.25) is 0 Å². The van der Waals surface area contributed by atoms with Gasteiger partial charge in [-0.1, -0.05) is 20.3 Å². The van der Waals surface area contributed by atoms with Gasteiger partial charge in [0.05, 0.1) is 0 Å². The molecule has 2 rings (SSSR count). The Bertz CT molecular complexity index is 357. The summed E-state index contributed by atoms with van der Waals surface area (Å²) in [5.74, 6) is 1.59. The van der Waals surface area contributed by atoms with E-state index in [2.05, 4.69) is 24.2 Å². The molecule has 0 radical (unpaired) electrons. The van der Waals surface area contributed by atoms with Crippen LogP contribution in [0.25, 0.3) is 0 Å². The minimum absolute atomic E-state index is 0.0505. The van der Waals surface area contributed by atoms with Gasteiger partial charge < -0.3 is 10.1 Å². The molecule has 1 aliphatic heterocycles. The van der Waals surface area contributed by atoms with Crippen molar-refractivity contribution < 1.29 is 9.53 Å². The largest absolute Gasteiger partial charge is 0.367 e. The lowest BCUT2D eigenvalue weighted by Gasteiger charge is -2.38. The van der Waals surface area contributed by atoms with Crippen LogP contribution in [0.15, 0.2) is 4.99 Å². The molecule has 0 bridgehead atoms. The summed E-state index contributed by atoms with van der Waals surface area (Å²) in [5, 5.41) is 2.99. The number of hydrogen-bond acceptors (Lipinski definition) is 3. The summed E-state index contributed by atoms with van der Waals surface area (Å²) in [6, 6.07) is -0.198. The molecule has 19 heavy (non-hydrogen) atoms. The fraction of sp³-hybridized carbons (Fsp3) is 0.867. The Morgan fingerprint density at radius 2 is 2.05 bits per heavy atom. The zero-order valence-electron chi connectivity index (χ0n) is 12.4. The lowest BCUT2D eigenvalue weighted by Crippen LogP contribution is -2.50. The van der Waals surface area contributed by atoms with E-state index in [0.717, 1.165) is 50.3 Å². The van der Waals surface area contributed by atoms with Crippen LogP contribution in [-0.4, -0.2) is 30.0 Å². The molecule has 0 saturated heterocycles. The Morgan fingerprint density at radius 3 is 2.63 bits per heavy atom. The third-order valence-corrected chi connectivity index (χ3v) is 4.33. The molecule has 4 heteroatoms. The highest BCUT2D eigenvalue weighted by Crippen LogP contribution is 2.36. The average molecular weight is 266 g/mol. The van der Waals surface area contributed by atoms with Crippen molar-refractivity contribution in [1.29, 1.82) is 0 Å². The van der Waals surface area contributed by atoms with Crippen molar-refractivity contribution in [3.8, 4) is 0 Å². The highest BCUT2D eigenvalue weighted by molar-refractivity contribution is 6.09. The van der Waals surface area contributed by atoms with E-state index < -0.39 is 0 Å². The summed E-state index contributed by atoms with van der Waals surface area (Å²) >= 11 is 0. The SMILES string of the molecule is CCCC1N=C(C2(OCC)CCC(C)CC2)NC1=O. The molecule has 2 aliphatic rings. The van der Waals surface area contributed by atoms with Crippen LogP contribution in [-0.2, 0) is 9.53 Å². The van der Waals surface area contributed by atoms with E-state index in [0.29, 0.717) is 6.61 Å². The maximum Gasteiger partial charge on any atom is 0.250 e. The first-order chi connectivity index (χ1) is 9.11. The maximum atomic E-state index is 11.9. The molecule has 0 aromatic heterocycles. The van der Waals surface area contributed by atoms with E-state index in [1.165, 1.54) is 0 Å². The number of aliphatic imine (C=N–C) groups is 1. The van der Waals surface area contributed by atoms with Crippen LogP contribution >= 0.6 is 0 Å². The number of carbonyl (C=O) groups is 1. The van der Waals surface area contributed by atoms with Gasteiger partial charge >= 0.3 is 0 Å². The van der Waals surface area contributed by atoms with Crippen LogP contribution in [0.4, 0.5) is 0 Å².